The van der Waals surface area contributed by atoms with Crippen molar-refractivity contribution in [3.63, 3.8) is 0 Å². The molecular formula is C7H13N. The summed E-state index contributed by atoms with van der Waals surface area (Å²) in [5, 5.41) is 0. The zero-order chi connectivity index (χ0) is 6.15. The summed E-state index contributed by atoms with van der Waals surface area (Å²) in [6, 6.07) is 0.799. The molecular weight excluding hydrogens is 98.1 g/mol. The van der Waals surface area contributed by atoms with Crippen molar-refractivity contribution in [3.05, 3.63) is 12.8 Å². The molecule has 0 spiro atoms. The molecule has 0 heterocycles. The summed E-state index contributed by atoms with van der Waals surface area (Å²) in [5.41, 5.74) is 0. The summed E-state index contributed by atoms with van der Waals surface area (Å²) in [7, 11) is 2.08. The second-order valence-corrected chi connectivity index (χ2v) is 2.63. The first-order valence-corrected chi connectivity index (χ1v) is 3.10. The molecule has 1 aliphatic carbocycles. The normalized spacial score (nSPS) is 34.2. The fourth-order valence-electron chi connectivity index (χ4n) is 1.01. The van der Waals surface area contributed by atoms with Crippen LogP contribution in [0.1, 0.15) is 13.3 Å². The molecule has 1 aliphatic rings. The Morgan fingerprint density at radius 2 is 2.25 bits per heavy atom. The minimum atomic E-state index is 0.799. The van der Waals surface area contributed by atoms with Crippen molar-refractivity contribution in [1.29, 1.82) is 0 Å². The van der Waals surface area contributed by atoms with Crippen LogP contribution in [-0.2, 0) is 0 Å². The molecule has 0 aromatic heterocycles. The van der Waals surface area contributed by atoms with Gasteiger partial charge in [0, 0.05) is 13.1 Å². The summed E-state index contributed by atoms with van der Waals surface area (Å²) in [5.74, 6) is 0.901. The first-order chi connectivity index (χ1) is 3.75. The highest BCUT2D eigenvalue weighted by Crippen LogP contribution is 2.33. The smallest absolute Gasteiger partial charge is 0.0310 e. The highest BCUT2D eigenvalue weighted by atomic mass is 15.1. The molecule has 2 atom stereocenters. The van der Waals surface area contributed by atoms with Crippen LogP contribution < -0.4 is 0 Å². The third-order valence-electron chi connectivity index (χ3n) is 1.88. The Labute approximate surface area is 51.0 Å². The van der Waals surface area contributed by atoms with Gasteiger partial charge in [0.1, 0.15) is 0 Å². The van der Waals surface area contributed by atoms with Crippen molar-refractivity contribution in [3.8, 4) is 0 Å². The lowest BCUT2D eigenvalue weighted by atomic mass is 10.4. The Kier molecular flexibility index (Phi) is 1.28. The summed E-state index contributed by atoms with van der Waals surface area (Å²) < 4.78 is 0. The molecule has 0 saturated heterocycles. The van der Waals surface area contributed by atoms with Crippen molar-refractivity contribution >= 4 is 0 Å². The monoisotopic (exact) mass is 111 g/mol. The SMILES string of the molecule is C=CN(C)C1CC1C. The molecule has 2 unspecified atom stereocenters. The van der Waals surface area contributed by atoms with Crippen LogP contribution in [0.4, 0.5) is 0 Å². The topological polar surface area (TPSA) is 3.24 Å². The predicted octanol–water partition coefficient (Wildman–Crippen LogP) is 1.47. The number of nitrogens with zero attached hydrogens (tertiary/aromatic N) is 1. The maximum absolute atomic E-state index is 3.68. The van der Waals surface area contributed by atoms with Crippen LogP contribution >= 0.6 is 0 Å². The molecule has 0 amide bonds. The van der Waals surface area contributed by atoms with Crippen molar-refractivity contribution in [2.75, 3.05) is 7.05 Å². The maximum atomic E-state index is 3.68. The highest BCUT2D eigenvalue weighted by molar-refractivity contribution is 4.93. The van der Waals surface area contributed by atoms with E-state index in [0.29, 0.717) is 0 Å². The van der Waals surface area contributed by atoms with Gasteiger partial charge in [-0.2, -0.15) is 0 Å². The van der Waals surface area contributed by atoms with E-state index >= 15 is 0 Å². The molecule has 1 heteroatoms. The quantitative estimate of drug-likeness (QED) is 0.521. The Morgan fingerprint density at radius 3 is 2.38 bits per heavy atom. The Morgan fingerprint density at radius 1 is 1.75 bits per heavy atom. The van der Waals surface area contributed by atoms with E-state index in [2.05, 4.69) is 25.5 Å². The third-order valence-corrected chi connectivity index (χ3v) is 1.88. The summed E-state index contributed by atoms with van der Waals surface area (Å²) in [6.45, 7) is 5.95. The lowest BCUT2D eigenvalue weighted by Gasteiger charge is -2.10. The van der Waals surface area contributed by atoms with Crippen molar-refractivity contribution in [1.82, 2.24) is 4.90 Å². The summed E-state index contributed by atoms with van der Waals surface area (Å²) in [4.78, 5) is 2.19. The van der Waals surface area contributed by atoms with Crippen molar-refractivity contribution in [2.45, 2.75) is 19.4 Å². The van der Waals surface area contributed by atoms with Crippen LogP contribution in [0.25, 0.3) is 0 Å². The van der Waals surface area contributed by atoms with Gasteiger partial charge in [-0.1, -0.05) is 13.5 Å². The van der Waals surface area contributed by atoms with Crippen LogP contribution in [-0.4, -0.2) is 18.0 Å². The second-order valence-electron chi connectivity index (χ2n) is 2.63. The zero-order valence-electron chi connectivity index (χ0n) is 5.59. The average Bonchev–Trinajstić information content (AvgIpc) is 2.45. The van der Waals surface area contributed by atoms with Gasteiger partial charge in [-0.25, -0.2) is 0 Å². The molecule has 1 rings (SSSR count). The molecule has 0 aliphatic heterocycles. The minimum absolute atomic E-state index is 0.799. The Hall–Kier alpha value is -0.460. The van der Waals surface area contributed by atoms with E-state index in [0.717, 1.165) is 12.0 Å². The molecule has 1 saturated carbocycles. The lowest BCUT2D eigenvalue weighted by Crippen LogP contribution is -2.13. The first-order valence-electron chi connectivity index (χ1n) is 3.10. The molecule has 0 radical (unpaired) electrons. The number of hydrogen-bond donors (Lipinski definition) is 0. The van der Waals surface area contributed by atoms with Crippen molar-refractivity contribution < 1.29 is 0 Å². The van der Waals surface area contributed by atoms with Gasteiger partial charge in [0.15, 0.2) is 0 Å². The molecule has 1 nitrogen and oxygen atoms in total. The standard InChI is InChI=1S/C7H13N/c1-4-8(3)7-5-6(7)2/h4,6-7H,1,5H2,2-3H3. The average molecular weight is 111 g/mol. The van der Waals surface area contributed by atoms with Gasteiger partial charge >= 0.3 is 0 Å². The van der Waals surface area contributed by atoms with E-state index in [1.807, 2.05) is 6.20 Å². The van der Waals surface area contributed by atoms with Crippen LogP contribution in [0.2, 0.25) is 0 Å². The van der Waals surface area contributed by atoms with Crippen LogP contribution in [0.15, 0.2) is 12.8 Å². The Bertz CT molecular complexity index is 98.6. The predicted molar refractivity (Wildman–Crippen MR) is 35.5 cm³/mol. The van der Waals surface area contributed by atoms with Crippen LogP contribution in [0.3, 0.4) is 0 Å². The van der Waals surface area contributed by atoms with E-state index in [4.69, 9.17) is 0 Å². The molecule has 0 bridgehead atoms. The fraction of sp³-hybridized carbons (Fsp3) is 0.714. The molecule has 8 heavy (non-hydrogen) atoms. The number of rotatable bonds is 2. The summed E-state index contributed by atoms with van der Waals surface area (Å²) in [6.07, 6.45) is 3.25. The van der Waals surface area contributed by atoms with Gasteiger partial charge in [0.05, 0.1) is 0 Å². The Balaban J connectivity index is 2.27. The highest BCUT2D eigenvalue weighted by Gasteiger charge is 2.34. The fourth-order valence-corrected chi connectivity index (χ4v) is 1.01. The zero-order valence-corrected chi connectivity index (χ0v) is 5.59. The number of hydrogen-bond acceptors (Lipinski definition) is 1. The van der Waals surface area contributed by atoms with Gasteiger partial charge in [0.2, 0.25) is 0 Å². The van der Waals surface area contributed by atoms with Gasteiger partial charge in [-0.05, 0) is 18.5 Å². The molecule has 0 aromatic rings. The third kappa shape index (κ3) is 0.857. The second kappa shape index (κ2) is 1.81. The lowest BCUT2D eigenvalue weighted by molar-refractivity contribution is 0.428. The van der Waals surface area contributed by atoms with E-state index in [9.17, 15) is 0 Å². The maximum Gasteiger partial charge on any atom is 0.0310 e. The first kappa shape index (κ1) is 5.67. The largest absolute Gasteiger partial charge is 0.378 e. The van der Waals surface area contributed by atoms with Gasteiger partial charge < -0.3 is 4.90 Å². The minimum Gasteiger partial charge on any atom is -0.378 e. The van der Waals surface area contributed by atoms with Gasteiger partial charge in [0.25, 0.3) is 0 Å². The summed E-state index contributed by atoms with van der Waals surface area (Å²) >= 11 is 0. The van der Waals surface area contributed by atoms with E-state index in [1.165, 1.54) is 6.42 Å². The molecule has 0 aromatic carbocycles. The van der Waals surface area contributed by atoms with Gasteiger partial charge in [-0.3, -0.25) is 0 Å². The van der Waals surface area contributed by atoms with E-state index < -0.39 is 0 Å². The van der Waals surface area contributed by atoms with Crippen molar-refractivity contribution in [2.24, 2.45) is 5.92 Å². The van der Waals surface area contributed by atoms with Gasteiger partial charge in [-0.15, -0.1) is 0 Å². The molecule has 1 fully saturated rings. The van der Waals surface area contributed by atoms with Crippen LogP contribution in [0.5, 0.6) is 0 Å². The molecule has 46 valence electrons. The van der Waals surface area contributed by atoms with Crippen LogP contribution in [0, 0.1) is 5.92 Å². The molecule has 0 N–H and O–H groups in total. The van der Waals surface area contributed by atoms with E-state index in [-0.39, 0.29) is 0 Å². The van der Waals surface area contributed by atoms with E-state index in [1.54, 1.807) is 0 Å².